The molecule has 1 unspecified atom stereocenters. The lowest BCUT2D eigenvalue weighted by atomic mass is 9.87. The molecule has 50 heavy (non-hydrogen) atoms. The van der Waals surface area contributed by atoms with Crippen LogP contribution in [0.1, 0.15) is 32.3 Å². The number of nitrogens with one attached hydrogen (secondary N) is 1. The highest BCUT2D eigenvalue weighted by Gasteiger charge is 2.63. The van der Waals surface area contributed by atoms with E-state index in [0.29, 0.717) is 29.9 Å². The third kappa shape index (κ3) is 6.59. The van der Waals surface area contributed by atoms with Crippen LogP contribution in [0.2, 0.25) is 0 Å². The molecule has 6 atom stereocenters. The molecule has 8 heteroatoms. The lowest BCUT2D eigenvalue weighted by molar-refractivity contribution is -0.166. The Kier molecular flexibility index (Phi) is 9.13. The van der Waals surface area contributed by atoms with Crippen molar-refractivity contribution in [2.45, 2.75) is 74.5 Å². The van der Waals surface area contributed by atoms with Gasteiger partial charge in [0.2, 0.25) is 17.6 Å². The van der Waals surface area contributed by atoms with Crippen LogP contribution in [-0.2, 0) is 20.7 Å². The maximum absolute atomic E-state index is 12.9. The Labute approximate surface area is 292 Å². The molecular formula is C42H39NO7. The number of benzene rings is 4. The van der Waals surface area contributed by atoms with Crippen LogP contribution in [0.5, 0.6) is 11.5 Å². The number of fused-ring (bicyclic) bond motifs is 1. The Balaban J connectivity index is 1.27. The van der Waals surface area contributed by atoms with E-state index in [1.165, 1.54) is 0 Å². The number of aliphatic hydroxyl groups is 2. The minimum absolute atomic E-state index is 0.207. The first-order chi connectivity index (χ1) is 24.2. The van der Waals surface area contributed by atoms with Crippen LogP contribution in [-0.4, -0.2) is 64.1 Å². The molecule has 1 amide bonds. The normalized spacial score (nSPS) is 26.6. The molecule has 1 saturated heterocycles. The Hall–Kier alpha value is -5.09. The molecule has 3 N–H and O–H groups in total. The maximum atomic E-state index is 12.9. The van der Waals surface area contributed by atoms with Gasteiger partial charge in [-0.3, -0.25) is 4.79 Å². The molecule has 3 aliphatic rings. The standard InChI is InChI=1S/C42H39NO7/c1-40(2)49-38-22-21-31-26-27-41(46,35(44)28-43-39(45)25-20-29-12-5-3-6-13-29)36(48-34-19-11-15-30-14-9-10-18-33(30)34)23-24-37(42(31,38)50-40)47-32-16-7-4-8-17-32/h3-19,21,35-38,44,46H,20,22,25,28H2,1-2H3,(H,43,45)/t35-,36-,37?,38-,41-,42-/m1/s1. The topological polar surface area (TPSA) is 106 Å². The average molecular weight is 670 g/mol. The molecule has 1 spiro atoms. The van der Waals surface area contributed by atoms with Gasteiger partial charge < -0.3 is 34.5 Å². The zero-order valence-corrected chi connectivity index (χ0v) is 28.0. The summed E-state index contributed by atoms with van der Waals surface area (Å²) < 4.78 is 26.1. The van der Waals surface area contributed by atoms with Crippen LogP contribution in [0.25, 0.3) is 10.8 Å². The molecule has 1 fully saturated rings. The van der Waals surface area contributed by atoms with E-state index in [-0.39, 0.29) is 18.9 Å². The molecule has 0 aromatic heterocycles. The first-order valence-corrected chi connectivity index (χ1v) is 16.9. The largest absolute Gasteiger partial charge is 0.474 e. The fraction of sp³-hybridized carbons (Fsp3) is 0.310. The summed E-state index contributed by atoms with van der Waals surface area (Å²) in [4.78, 5) is 12.9. The van der Waals surface area contributed by atoms with Crippen molar-refractivity contribution in [1.82, 2.24) is 5.32 Å². The number of ether oxygens (including phenoxy) is 4. The van der Waals surface area contributed by atoms with E-state index in [0.717, 1.165) is 16.3 Å². The number of hydrogen-bond donors (Lipinski definition) is 3. The number of rotatable bonds is 10. The molecule has 0 saturated carbocycles. The van der Waals surface area contributed by atoms with Crippen LogP contribution in [0, 0.1) is 23.7 Å². The van der Waals surface area contributed by atoms with Gasteiger partial charge in [-0.05, 0) is 55.8 Å². The SMILES string of the molecule is CC1(C)O[C@@H]2CC=C3C#C[C@@](O)([C@H](O)CNC(=O)CCc4ccccc4)[C@H](Oc4cccc5ccccc45)C#CC(Oc4ccccc4)[C@]32O1. The van der Waals surface area contributed by atoms with Crippen LogP contribution in [0.3, 0.4) is 0 Å². The zero-order valence-electron chi connectivity index (χ0n) is 28.0. The van der Waals surface area contributed by atoms with Crippen LogP contribution >= 0.6 is 0 Å². The molecule has 4 aromatic rings. The van der Waals surface area contributed by atoms with Gasteiger partial charge in [-0.2, -0.15) is 0 Å². The number of aliphatic hydroxyl groups excluding tert-OH is 1. The van der Waals surface area contributed by atoms with Gasteiger partial charge in [0.25, 0.3) is 0 Å². The fourth-order valence-corrected chi connectivity index (χ4v) is 6.79. The quantitative estimate of drug-likeness (QED) is 0.202. The number of para-hydroxylation sites is 1. The monoisotopic (exact) mass is 669 g/mol. The van der Waals surface area contributed by atoms with Gasteiger partial charge in [0, 0.05) is 23.9 Å². The highest BCUT2D eigenvalue weighted by atomic mass is 16.8. The molecule has 4 aromatic carbocycles. The number of amides is 1. The Bertz CT molecular complexity index is 2020. The smallest absolute Gasteiger partial charge is 0.220 e. The summed E-state index contributed by atoms with van der Waals surface area (Å²) in [6.45, 7) is 3.37. The van der Waals surface area contributed by atoms with Gasteiger partial charge in [0.05, 0.1) is 0 Å². The zero-order chi connectivity index (χ0) is 34.8. The summed E-state index contributed by atoms with van der Waals surface area (Å²) in [7, 11) is 0. The highest BCUT2D eigenvalue weighted by Crippen LogP contribution is 2.50. The van der Waals surface area contributed by atoms with Crippen molar-refractivity contribution < 1.29 is 34.0 Å². The lowest BCUT2D eigenvalue weighted by Gasteiger charge is -2.34. The minimum Gasteiger partial charge on any atom is -0.474 e. The molecular weight excluding hydrogens is 630 g/mol. The van der Waals surface area contributed by atoms with E-state index < -0.39 is 41.4 Å². The van der Waals surface area contributed by atoms with Crippen molar-refractivity contribution >= 4 is 16.7 Å². The van der Waals surface area contributed by atoms with Gasteiger partial charge in [0.15, 0.2) is 17.5 Å². The van der Waals surface area contributed by atoms with Crippen molar-refractivity contribution in [3.63, 3.8) is 0 Å². The maximum Gasteiger partial charge on any atom is 0.220 e. The second-order valence-corrected chi connectivity index (χ2v) is 13.2. The summed E-state index contributed by atoms with van der Waals surface area (Å²) in [5, 5.41) is 28.7. The van der Waals surface area contributed by atoms with Gasteiger partial charge in [-0.1, -0.05) is 115 Å². The third-order valence-corrected chi connectivity index (χ3v) is 9.28. The first kappa shape index (κ1) is 33.4. The second-order valence-electron chi connectivity index (χ2n) is 13.2. The molecule has 8 nitrogen and oxygen atoms in total. The Morgan fingerprint density at radius 3 is 2.42 bits per heavy atom. The fourth-order valence-electron chi connectivity index (χ4n) is 6.79. The summed E-state index contributed by atoms with van der Waals surface area (Å²) in [5.41, 5.74) is -1.96. The number of hydrogen-bond acceptors (Lipinski definition) is 7. The molecule has 7 rings (SSSR count). The van der Waals surface area contributed by atoms with Crippen molar-refractivity contribution in [3.05, 3.63) is 120 Å². The number of carbonyl (C=O) groups is 1. The third-order valence-electron chi connectivity index (χ3n) is 9.28. The van der Waals surface area contributed by atoms with Crippen molar-refractivity contribution in [3.8, 4) is 35.2 Å². The van der Waals surface area contributed by atoms with E-state index in [4.69, 9.17) is 18.9 Å². The highest BCUT2D eigenvalue weighted by molar-refractivity contribution is 5.88. The molecule has 2 aliphatic carbocycles. The first-order valence-electron chi connectivity index (χ1n) is 16.9. The Morgan fingerprint density at radius 1 is 0.920 bits per heavy atom. The van der Waals surface area contributed by atoms with Crippen LogP contribution in [0.4, 0.5) is 0 Å². The summed E-state index contributed by atoms with van der Waals surface area (Å²) in [6.07, 6.45) is -1.26. The molecule has 1 aliphatic heterocycles. The number of carbonyl (C=O) groups excluding carboxylic acids is 1. The van der Waals surface area contributed by atoms with E-state index in [1.54, 1.807) is 6.07 Å². The summed E-state index contributed by atoms with van der Waals surface area (Å²) in [5.74, 6) is 12.2. The van der Waals surface area contributed by atoms with Crippen molar-refractivity contribution in [2.24, 2.45) is 0 Å². The van der Waals surface area contributed by atoms with Crippen LogP contribution in [0.15, 0.2) is 115 Å². The Morgan fingerprint density at radius 2 is 1.62 bits per heavy atom. The summed E-state index contributed by atoms with van der Waals surface area (Å²) >= 11 is 0. The van der Waals surface area contributed by atoms with Gasteiger partial charge in [-0.15, -0.1) is 0 Å². The lowest BCUT2D eigenvalue weighted by Crippen LogP contribution is -2.57. The predicted octanol–water partition coefficient (Wildman–Crippen LogP) is 5.12. The summed E-state index contributed by atoms with van der Waals surface area (Å²) in [6, 6.07) is 32.2. The van der Waals surface area contributed by atoms with Gasteiger partial charge >= 0.3 is 0 Å². The van der Waals surface area contributed by atoms with E-state index in [9.17, 15) is 15.0 Å². The van der Waals surface area contributed by atoms with Crippen LogP contribution < -0.4 is 14.8 Å². The van der Waals surface area contributed by atoms with Crippen molar-refractivity contribution in [1.29, 1.82) is 0 Å². The minimum atomic E-state index is -2.27. The van der Waals surface area contributed by atoms with E-state index >= 15 is 0 Å². The molecule has 1 heterocycles. The van der Waals surface area contributed by atoms with E-state index in [1.807, 2.05) is 117 Å². The van der Waals surface area contributed by atoms with Gasteiger partial charge in [-0.25, -0.2) is 0 Å². The van der Waals surface area contributed by atoms with E-state index in [2.05, 4.69) is 29.0 Å². The predicted molar refractivity (Wildman–Crippen MR) is 189 cm³/mol. The van der Waals surface area contributed by atoms with Crippen molar-refractivity contribution in [2.75, 3.05) is 6.54 Å². The number of aryl methyl sites for hydroxylation is 1. The second kappa shape index (κ2) is 13.7. The average Bonchev–Trinajstić information content (AvgIpc) is 3.61. The molecule has 0 radical (unpaired) electrons. The molecule has 254 valence electrons. The van der Waals surface area contributed by atoms with Gasteiger partial charge in [0.1, 0.15) is 23.7 Å². The molecule has 0 bridgehead atoms.